The van der Waals surface area contributed by atoms with Crippen LogP contribution in [0.4, 0.5) is 4.79 Å². The lowest BCUT2D eigenvalue weighted by Gasteiger charge is -2.42. The van der Waals surface area contributed by atoms with E-state index in [1.807, 2.05) is 34.6 Å². The summed E-state index contributed by atoms with van der Waals surface area (Å²) in [6.45, 7) is 10.3. The first-order valence-corrected chi connectivity index (χ1v) is 11.6. The van der Waals surface area contributed by atoms with Crippen molar-refractivity contribution >= 4 is 6.09 Å². The fourth-order valence-electron chi connectivity index (χ4n) is 4.81. The second kappa shape index (κ2) is 10.2. The molecule has 2 N–H and O–H groups in total. The van der Waals surface area contributed by atoms with Gasteiger partial charge in [-0.15, -0.1) is 0 Å². The SMILES string of the molecule is CCOC(C)OC1=CCC2NC(C3=CCC(NC(=O)OC(C)(C)C)CC3)CCC2C1. The number of amides is 1. The summed E-state index contributed by atoms with van der Waals surface area (Å²) in [5.74, 6) is 1.73. The number of carbonyl (C=O) groups is 1. The first-order valence-electron chi connectivity index (χ1n) is 11.6. The maximum atomic E-state index is 12.0. The number of alkyl carbamates (subject to hydrolysis) is 1. The molecular weight excluding hydrogens is 380 g/mol. The van der Waals surface area contributed by atoms with E-state index in [0.717, 1.165) is 37.9 Å². The lowest BCUT2D eigenvalue weighted by atomic mass is 9.77. The van der Waals surface area contributed by atoms with Crippen LogP contribution in [0.3, 0.4) is 0 Å². The molecule has 0 saturated carbocycles. The number of rotatable bonds is 6. The lowest BCUT2D eigenvalue weighted by molar-refractivity contribution is -0.104. The molecule has 5 atom stereocenters. The molecule has 1 aliphatic heterocycles. The van der Waals surface area contributed by atoms with E-state index in [9.17, 15) is 4.79 Å². The highest BCUT2D eigenvalue weighted by atomic mass is 16.7. The smallest absolute Gasteiger partial charge is 0.407 e. The Balaban J connectivity index is 1.46. The minimum Gasteiger partial charge on any atom is -0.470 e. The summed E-state index contributed by atoms with van der Waals surface area (Å²) in [4.78, 5) is 12.0. The summed E-state index contributed by atoms with van der Waals surface area (Å²) in [5.41, 5.74) is 1.05. The molecule has 1 amide bonds. The van der Waals surface area contributed by atoms with Gasteiger partial charge in [0.2, 0.25) is 0 Å². The van der Waals surface area contributed by atoms with Crippen molar-refractivity contribution in [2.45, 2.75) is 110 Å². The fraction of sp³-hybridized carbons (Fsp3) is 0.792. The average Bonchev–Trinajstić information content (AvgIpc) is 2.67. The van der Waals surface area contributed by atoms with E-state index in [4.69, 9.17) is 14.2 Å². The molecule has 0 bridgehead atoms. The Hall–Kier alpha value is -1.53. The number of piperidine rings is 1. The van der Waals surface area contributed by atoms with Crippen molar-refractivity contribution in [2.75, 3.05) is 6.61 Å². The van der Waals surface area contributed by atoms with Gasteiger partial charge in [-0.1, -0.05) is 11.6 Å². The van der Waals surface area contributed by atoms with E-state index in [2.05, 4.69) is 22.8 Å². The Bertz CT molecular complexity index is 652. The van der Waals surface area contributed by atoms with Gasteiger partial charge in [0.15, 0.2) is 6.29 Å². The highest BCUT2D eigenvalue weighted by molar-refractivity contribution is 5.68. The minimum atomic E-state index is -0.456. The molecule has 2 aliphatic carbocycles. The molecule has 6 heteroatoms. The fourth-order valence-corrected chi connectivity index (χ4v) is 4.81. The van der Waals surface area contributed by atoms with Gasteiger partial charge in [0, 0.05) is 31.2 Å². The first-order chi connectivity index (χ1) is 14.2. The lowest BCUT2D eigenvalue weighted by Crippen LogP contribution is -2.50. The van der Waals surface area contributed by atoms with Crippen LogP contribution in [0.2, 0.25) is 0 Å². The van der Waals surface area contributed by atoms with Crippen LogP contribution in [0.25, 0.3) is 0 Å². The Morgan fingerprint density at radius 3 is 2.70 bits per heavy atom. The molecule has 0 radical (unpaired) electrons. The molecule has 1 heterocycles. The van der Waals surface area contributed by atoms with Crippen molar-refractivity contribution < 1.29 is 19.0 Å². The summed E-state index contributed by atoms with van der Waals surface area (Å²) < 4.78 is 16.8. The molecule has 30 heavy (non-hydrogen) atoms. The molecule has 6 nitrogen and oxygen atoms in total. The molecule has 5 unspecified atom stereocenters. The summed E-state index contributed by atoms with van der Waals surface area (Å²) in [6, 6.07) is 1.16. The van der Waals surface area contributed by atoms with E-state index < -0.39 is 5.60 Å². The van der Waals surface area contributed by atoms with Gasteiger partial charge in [-0.05, 0) is 85.1 Å². The predicted molar refractivity (Wildman–Crippen MR) is 118 cm³/mol. The molecule has 3 aliphatic rings. The molecule has 170 valence electrons. The van der Waals surface area contributed by atoms with E-state index >= 15 is 0 Å². The Kier molecular flexibility index (Phi) is 7.86. The normalized spacial score (nSPS) is 30.4. The maximum Gasteiger partial charge on any atom is 0.407 e. The molecular formula is C24H40N2O4. The van der Waals surface area contributed by atoms with Gasteiger partial charge in [-0.2, -0.15) is 0 Å². The number of nitrogens with one attached hydrogen (secondary N) is 2. The molecule has 1 fully saturated rings. The van der Waals surface area contributed by atoms with Crippen molar-refractivity contribution in [3.63, 3.8) is 0 Å². The summed E-state index contributed by atoms with van der Waals surface area (Å²) in [6.07, 6.45) is 11.4. The number of ether oxygens (including phenoxy) is 3. The summed E-state index contributed by atoms with van der Waals surface area (Å²) >= 11 is 0. The quantitative estimate of drug-likeness (QED) is 0.477. The standard InChI is InChI=1S/C24H40N2O4/c1-6-28-16(2)29-20-12-14-22-18(15-20)9-13-21(26-22)17-7-10-19(11-8-17)25-23(27)30-24(3,4)5/h7,12,16,18-19,21-22,26H,6,8-11,13-15H2,1-5H3,(H,25,27). The number of allylic oxidation sites excluding steroid dienone is 1. The Labute approximate surface area is 181 Å². The van der Waals surface area contributed by atoms with E-state index in [1.54, 1.807) is 0 Å². The predicted octanol–water partition coefficient (Wildman–Crippen LogP) is 4.80. The number of hydrogen-bond acceptors (Lipinski definition) is 5. The van der Waals surface area contributed by atoms with Gasteiger partial charge in [0.25, 0.3) is 0 Å². The molecule has 0 aromatic heterocycles. The maximum absolute atomic E-state index is 12.0. The van der Waals surface area contributed by atoms with Gasteiger partial charge in [0.1, 0.15) is 5.60 Å². The second-order valence-electron chi connectivity index (χ2n) is 9.81. The van der Waals surface area contributed by atoms with E-state index in [1.165, 1.54) is 18.4 Å². The van der Waals surface area contributed by atoms with Gasteiger partial charge >= 0.3 is 6.09 Å². The van der Waals surface area contributed by atoms with Crippen molar-refractivity contribution in [2.24, 2.45) is 5.92 Å². The zero-order chi connectivity index (χ0) is 21.7. The van der Waals surface area contributed by atoms with Crippen LogP contribution in [-0.2, 0) is 14.2 Å². The monoisotopic (exact) mass is 420 g/mol. The Morgan fingerprint density at radius 2 is 2.03 bits per heavy atom. The largest absolute Gasteiger partial charge is 0.470 e. The van der Waals surface area contributed by atoms with Crippen LogP contribution in [0, 0.1) is 5.92 Å². The number of hydrogen-bond donors (Lipinski definition) is 2. The van der Waals surface area contributed by atoms with E-state index in [0.29, 0.717) is 24.6 Å². The third-order valence-corrected chi connectivity index (χ3v) is 6.21. The Morgan fingerprint density at radius 1 is 1.23 bits per heavy atom. The van der Waals surface area contributed by atoms with Gasteiger partial charge in [-0.3, -0.25) is 0 Å². The molecule has 1 saturated heterocycles. The first kappa shape index (κ1) is 23.1. The van der Waals surface area contributed by atoms with Crippen molar-refractivity contribution in [3.05, 3.63) is 23.5 Å². The van der Waals surface area contributed by atoms with E-state index in [-0.39, 0.29) is 18.4 Å². The van der Waals surface area contributed by atoms with Crippen molar-refractivity contribution in [3.8, 4) is 0 Å². The third kappa shape index (κ3) is 6.74. The van der Waals surface area contributed by atoms with Crippen LogP contribution in [0.5, 0.6) is 0 Å². The zero-order valence-electron chi connectivity index (χ0n) is 19.3. The van der Waals surface area contributed by atoms with Gasteiger partial charge in [0.05, 0.1) is 5.76 Å². The summed E-state index contributed by atoms with van der Waals surface area (Å²) in [7, 11) is 0. The van der Waals surface area contributed by atoms with Crippen LogP contribution in [0.15, 0.2) is 23.5 Å². The highest BCUT2D eigenvalue weighted by Gasteiger charge is 2.35. The van der Waals surface area contributed by atoms with Crippen LogP contribution in [-0.4, -0.2) is 42.7 Å². The number of fused-ring (bicyclic) bond motifs is 1. The van der Waals surface area contributed by atoms with Crippen LogP contribution < -0.4 is 10.6 Å². The van der Waals surface area contributed by atoms with Crippen LogP contribution >= 0.6 is 0 Å². The number of carbonyl (C=O) groups excluding carboxylic acids is 1. The van der Waals surface area contributed by atoms with Gasteiger partial charge in [-0.25, -0.2) is 4.79 Å². The zero-order valence-corrected chi connectivity index (χ0v) is 19.3. The van der Waals surface area contributed by atoms with Crippen LogP contribution in [0.1, 0.15) is 79.6 Å². The average molecular weight is 421 g/mol. The topological polar surface area (TPSA) is 68.8 Å². The molecule has 0 aromatic rings. The molecule has 0 aromatic carbocycles. The second-order valence-corrected chi connectivity index (χ2v) is 9.81. The van der Waals surface area contributed by atoms with Gasteiger partial charge < -0.3 is 24.8 Å². The summed E-state index contributed by atoms with van der Waals surface area (Å²) in [5, 5.41) is 6.91. The minimum absolute atomic E-state index is 0.170. The third-order valence-electron chi connectivity index (χ3n) is 6.21. The molecule has 0 spiro atoms. The highest BCUT2D eigenvalue weighted by Crippen LogP contribution is 2.36. The van der Waals surface area contributed by atoms with Crippen molar-refractivity contribution in [1.82, 2.24) is 10.6 Å². The molecule has 3 rings (SSSR count). The van der Waals surface area contributed by atoms with Crippen molar-refractivity contribution in [1.29, 1.82) is 0 Å².